The number of rotatable bonds is 7. The molecule has 0 radical (unpaired) electrons. The number of hydrogen-bond acceptors (Lipinski definition) is 7. The zero-order valence-electron chi connectivity index (χ0n) is 14.7. The van der Waals surface area contributed by atoms with E-state index in [-0.39, 0.29) is 16.3 Å². The molecule has 0 spiro atoms. The third-order valence-corrected chi connectivity index (χ3v) is 4.30. The molecule has 3 N–H and O–H groups in total. The molecule has 27 heavy (non-hydrogen) atoms. The van der Waals surface area contributed by atoms with Gasteiger partial charge in [-0.2, -0.15) is 0 Å². The van der Waals surface area contributed by atoms with E-state index in [0.29, 0.717) is 12.3 Å². The van der Waals surface area contributed by atoms with E-state index in [1.807, 2.05) is 0 Å². The minimum Gasteiger partial charge on any atom is -0.477 e. The fourth-order valence-corrected chi connectivity index (χ4v) is 2.56. The monoisotopic (exact) mass is 393 g/mol. The highest BCUT2D eigenvalue weighted by molar-refractivity contribution is 7.89. The van der Waals surface area contributed by atoms with Crippen LogP contribution in [0.15, 0.2) is 47.5 Å². The summed E-state index contributed by atoms with van der Waals surface area (Å²) in [5.74, 6) is -1.22. The summed E-state index contributed by atoms with van der Waals surface area (Å²) in [6.45, 7) is 3.48. The highest BCUT2D eigenvalue weighted by Crippen LogP contribution is 2.17. The van der Waals surface area contributed by atoms with Crippen LogP contribution in [0.5, 0.6) is 5.88 Å². The van der Waals surface area contributed by atoms with Gasteiger partial charge in [0, 0.05) is 11.9 Å². The minimum atomic E-state index is -3.82. The highest BCUT2D eigenvalue weighted by atomic mass is 32.2. The van der Waals surface area contributed by atoms with Gasteiger partial charge in [-0.1, -0.05) is 0 Å². The van der Waals surface area contributed by atoms with Crippen molar-refractivity contribution >= 4 is 27.6 Å². The number of nitrogens with zero attached hydrogens (tertiary/aromatic N) is 1. The third kappa shape index (κ3) is 5.50. The second-order valence-electron chi connectivity index (χ2n) is 5.40. The van der Waals surface area contributed by atoms with Gasteiger partial charge in [-0.25, -0.2) is 23.3 Å². The van der Waals surface area contributed by atoms with E-state index in [2.05, 4.69) is 10.3 Å². The first-order chi connectivity index (χ1) is 12.7. The molecule has 1 amide bonds. The van der Waals surface area contributed by atoms with E-state index >= 15 is 0 Å². The highest BCUT2D eigenvalue weighted by Gasteiger charge is 2.22. The van der Waals surface area contributed by atoms with Crippen molar-refractivity contribution in [3.63, 3.8) is 0 Å². The van der Waals surface area contributed by atoms with Crippen LogP contribution in [0.2, 0.25) is 0 Å². The Balaban J connectivity index is 2.02. The van der Waals surface area contributed by atoms with Crippen molar-refractivity contribution in [2.75, 3.05) is 11.9 Å². The number of carbonyl (C=O) groups excluding carboxylic acids is 2. The van der Waals surface area contributed by atoms with Crippen molar-refractivity contribution in [3.8, 4) is 5.88 Å². The summed E-state index contributed by atoms with van der Waals surface area (Å²) >= 11 is 0. The van der Waals surface area contributed by atoms with Crippen molar-refractivity contribution in [2.24, 2.45) is 5.14 Å². The largest absolute Gasteiger partial charge is 0.477 e. The molecule has 0 saturated heterocycles. The first-order valence-corrected chi connectivity index (χ1v) is 9.49. The number of ether oxygens (including phenoxy) is 2. The van der Waals surface area contributed by atoms with Gasteiger partial charge in [0.25, 0.3) is 5.91 Å². The van der Waals surface area contributed by atoms with Crippen LogP contribution in [0.1, 0.15) is 24.2 Å². The first-order valence-electron chi connectivity index (χ1n) is 7.95. The summed E-state index contributed by atoms with van der Waals surface area (Å²) < 4.78 is 32.9. The average molecular weight is 393 g/mol. The lowest BCUT2D eigenvalue weighted by Gasteiger charge is -2.14. The SMILES string of the molecule is CCOc1ncccc1C(=O)O[C@@H](C)C(=O)Nc1ccc(S(N)(=O)=O)cc1. The standard InChI is InChI=1S/C17H19N3O6S/c1-3-25-16-14(5-4-10-19-16)17(22)26-11(2)15(21)20-12-6-8-13(9-7-12)27(18,23)24/h4-11H,3H2,1-2H3,(H,20,21)(H2,18,23,24)/t11-/m0/s1. The van der Waals surface area contributed by atoms with Gasteiger partial charge in [-0.05, 0) is 50.2 Å². The molecule has 1 heterocycles. The quantitative estimate of drug-likeness (QED) is 0.676. The second-order valence-corrected chi connectivity index (χ2v) is 6.96. The van der Waals surface area contributed by atoms with E-state index in [4.69, 9.17) is 14.6 Å². The number of aromatic nitrogens is 1. The van der Waals surface area contributed by atoms with Crippen molar-refractivity contribution < 1.29 is 27.5 Å². The molecule has 1 aromatic carbocycles. The molecule has 1 aromatic heterocycles. The third-order valence-electron chi connectivity index (χ3n) is 3.38. The molecular formula is C17H19N3O6S. The van der Waals surface area contributed by atoms with E-state index in [0.717, 1.165) is 0 Å². The lowest BCUT2D eigenvalue weighted by Crippen LogP contribution is -2.30. The van der Waals surface area contributed by atoms with Gasteiger partial charge in [0.15, 0.2) is 6.10 Å². The summed E-state index contributed by atoms with van der Waals surface area (Å²) in [6, 6.07) is 8.30. The fraction of sp³-hybridized carbons (Fsp3) is 0.235. The molecule has 0 unspecified atom stereocenters. The van der Waals surface area contributed by atoms with E-state index < -0.39 is 28.0 Å². The Hall–Kier alpha value is -2.98. The van der Waals surface area contributed by atoms with Crippen LogP contribution in [-0.2, 0) is 19.6 Å². The number of hydrogen-bond donors (Lipinski definition) is 2. The number of amides is 1. The van der Waals surface area contributed by atoms with Gasteiger partial charge in [0.2, 0.25) is 15.9 Å². The fourth-order valence-electron chi connectivity index (χ4n) is 2.05. The van der Waals surface area contributed by atoms with Gasteiger partial charge >= 0.3 is 5.97 Å². The lowest BCUT2D eigenvalue weighted by molar-refractivity contribution is -0.123. The number of nitrogens with two attached hydrogens (primary N) is 1. The first kappa shape index (κ1) is 20.3. The van der Waals surface area contributed by atoms with Crippen molar-refractivity contribution in [3.05, 3.63) is 48.2 Å². The van der Waals surface area contributed by atoms with Crippen LogP contribution in [0.4, 0.5) is 5.69 Å². The van der Waals surface area contributed by atoms with Crippen molar-refractivity contribution in [2.45, 2.75) is 24.8 Å². The van der Waals surface area contributed by atoms with E-state index in [9.17, 15) is 18.0 Å². The Labute approximate surface area is 156 Å². The molecular weight excluding hydrogens is 374 g/mol. The summed E-state index contributed by atoms with van der Waals surface area (Å²) in [4.78, 5) is 28.3. The number of carbonyl (C=O) groups is 2. The van der Waals surface area contributed by atoms with Gasteiger partial charge in [-0.15, -0.1) is 0 Å². The zero-order valence-corrected chi connectivity index (χ0v) is 15.5. The molecule has 0 saturated carbocycles. The van der Waals surface area contributed by atoms with Crippen molar-refractivity contribution in [1.29, 1.82) is 0 Å². The minimum absolute atomic E-state index is 0.0833. The molecule has 144 valence electrons. The number of benzene rings is 1. The number of primary sulfonamides is 1. The molecule has 10 heteroatoms. The predicted molar refractivity (Wildman–Crippen MR) is 96.7 cm³/mol. The molecule has 0 bridgehead atoms. The molecule has 0 fully saturated rings. The maximum Gasteiger partial charge on any atom is 0.344 e. The second kappa shape index (κ2) is 8.60. The lowest BCUT2D eigenvalue weighted by atomic mass is 10.2. The van der Waals surface area contributed by atoms with Gasteiger partial charge in [0.05, 0.1) is 11.5 Å². The smallest absolute Gasteiger partial charge is 0.344 e. The Morgan fingerprint density at radius 1 is 1.22 bits per heavy atom. The number of nitrogens with one attached hydrogen (secondary N) is 1. The summed E-state index contributed by atoms with van der Waals surface area (Å²) in [6.07, 6.45) is 0.369. The van der Waals surface area contributed by atoms with E-state index in [1.54, 1.807) is 13.0 Å². The number of anilines is 1. The van der Waals surface area contributed by atoms with Crippen LogP contribution >= 0.6 is 0 Å². The predicted octanol–water partition coefficient (Wildman–Crippen LogP) is 1.31. The van der Waals surface area contributed by atoms with Gasteiger partial charge in [0.1, 0.15) is 5.56 Å². The molecule has 0 aliphatic rings. The van der Waals surface area contributed by atoms with E-state index in [1.165, 1.54) is 43.5 Å². The Morgan fingerprint density at radius 2 is 1.89 bits per heavy atom. The molecule has 0 aliphatic carbocycles. The number of pyridine rings is 1. The molecule has 2 rings (SSSR count). The Bertz CT molecular complexity index is 928. The molecule has 9 nitrogen and oxygen atoms in total. The molecule has 0 aliphatic heterocycles. The topological polar surface area (TPSA) is 138 Å². The van der Waals surface area contributed by atoms with Gasteiger partial charge < -0.3 is 14.8 Å². The summed E-state index contributed by atoms with van der Waals surface area (Å²) in [5.41, 5.74) is 0.434. The number of sulfonamides is 1. The van der Waals surface area contributed by atoms with Crippen LogP contribution in [0, 0.1) is 0 Å². The summed E-state index contributed by atoms with van der Waals surface area (Å²) in [7, 11) is -3.82. The summed E-state index contributed by atoms with van der Waals surface area (Å²) in [5, 5.41) is 7.53. The normalized spacial score (nSPS) is 12.1. The van der Waals surface area contributed by atoms with Crippen LogP contribution in [0.3, 0.4) is 0 Å². The van der Waals surface area contributed by atoms with Crippen LogP contribution < -0.4 is 15.2 Å². The molecule has 2 aromatic rings. The Kier molecular flexibility index (Phi) is 6.48. The Morgan fingerprint density at radius 3 is 2.48 bits per heavy atom. The van der Waals surface area contributed by atoms with Crippen molar-refractivity contribution in [1.82, 2.24) is 4.98 Å². The van der Waals surface area contributed by atoms with Crippen LogP contribution in [0.25, 0.3) is 0 Å². The maximum absolute atomic E-state index is 12.3. The van der Waals surface area contributed by atoms with Crippen LogP contribution in [-0.4, -0.2) is 38.0 Å². The van der Waals surface area contributed by atoms with Gasteiger partial charge in [-0.3, -0.25) is 4.79 Å². The maximum atomic E-state index is 12.3. The molecule has 1 atom stereocenters. The average Bonchev–Trinajstić information content (AvgIpc) is 2.62. The number of esters is 1. The zero-order chi connectivity index (χ0) is 20.0.